The molecule has 3 aliphatic rings. The van der Waals surface area contributed by atoms with Crippen molar-refractivity contribution >= 4 is 23.3 Å². The fraction of sp³-hybridized carbons (Fsp3) is 0.536. The highest BCUT2D eigenvalue weighted by molar-refractivity contribution is 6.30. The Morgan fingerprint density at radius 2 is 1.86 bits per heavy atom. The Hall–Kier alpha value is -2.44. The maximum Gasteiger partial charge on any atom is 0.331 e. The van der Waals surface area contributed by atoms with Crippen molar-refractivity contribution in [1.29, 1.82) is 0 Å². The molecule has 1 heterocycles. The summed E-state index contributed by atoms with van der Waals surface area (Å²) in [7, 11) is 1.45. The number of aliphatic hydroxyl groups excluding tert-OH is 1. The van der Waals surface area contributed by atoms with Gasteiger partial charge in [-0.15, -0.1) is 0 Å². The maximum absolute atomic E-state index is 13.1. The highest BCUT2D eigenvalue weighted by Crippen LogP contribution is 2.58. The third kappa shape index (κ3) is 4.25. The zero-order valence-corrected chi connectivity index (χ0v) is 21.4. The molecule has 2 aromatic rings. The molecule has 0 radical (unpaired) electrons. The lowest BCUT2D eigenvalue weighted by Crippen LogP contribution is -2.53. The van der Waals surface area contributed by atoms with Crippen molar-refractivity contribution in [3.05, 3.63) is 52.5 Å². The number of anilines is 1. The number of ether oxygens (including phenoxy) is 3. The standard InChI is InChI=1S/C28H34ClNO5/c1-26(2)34-23-15-18-14-19(6-5-13-31)27(22(18)17-24(23)35-26)9-11-28(12-10-27,25(32)33-3)30-21-8-4-7-20(29)16-21/h4,7-8,15-17,19,30-31H,5-6,9-14H2,1-3H3. The average Bonchev–Trinajstić information content (AvgIpc) is 3.28. The van der Waals surface area contributed by atoms with Gasteiger partial charge < -0.3 is 24.6 Å². The largest absolute Gasteiger partial charge is 0.467 e. The van der Waals surface area contributed by atoms with Crippen molar-refractivity contribution in [2.75, 3.05) is 19.0 Å². The van der Waals surface area contributed by atoms with Gasteiger partial charge in [-0.2, -0.15) is 0 Å². The summed E-state index contributed by atoms with van der Waals surface area (Å²) in [5.74, 6) is 1.06. The number of hydrogen-bond donors (Lipinski definition) is 2. The molecule has 2 aromatic carbocycles. The van der Waals surface area contributed by atoms with Crippen molar-refractivity contribution < 1.29 is 24.1 Å². The van der Waals surface area contributed by atoms with Gasteiger partial charge in [0, 0.05) is 31.2 Å². The molecule has 1 atom stereocenters. The number of rotatable bonds is 6. The van der Waals surface area contributed by atoms with Crippen LogP contribution in [-0.4, -0.2) is 36.1 Å². The minimum atomic E-state index is -0.812. The van der Waals surface area contributed by atoms with Crippen LogP contribution in [0.2, 0.25) is 5.02 Å². The fourth-order valence-corrected chi connectivity index (χ4v) is 6.75. The van der Waals surface area contributed by atoms with Gasteiger partial charge in [0.05, 0.1) is 7.11 Å². The van der Waals surface area contributed by atoms with Crippen LogP contribution in [0.25, 0.3) is 0 Å². The number of aliphatic hydroxyl groups is 1. The number of nitrogens with one attached hydrogen (secondary N) is 1. The molecule has 0 aromatic heterocycles. The SMILES string of the molecule is COC(=O)C1(Nc2cccc(Cl)c2)CCC2(CC1)c1cc3c(cc1CC2CCCO)OC(C)(C)O3. The molecule has 2 N–H and O–H groups in total. The van der Waals surface area contributed by atoms with E-state index in [0.717, 1.165) is 49.3 Å². The van der Waals surface area contributed by atoms with Crippen molar-refractivity contribution in [1.82, 2.24) is 0 Å². The van der Waals surface area contributed by atoms with E-state index in [4.69, 9.17) is 25.8 Å². The van der Waals surface area contributed by atoms with E-state index >= 15 is 0 Å². The van der Waals surface area contributed by atoms with Crippen molar-refractivity contribution in [3.8, 4) is 11.5 Å². The van der Waals surface area contributed by atoms with E-state index < -0.39 is 11.3 Å². The lowest BCUT2D eigenvalue weighted by Gasteiger charge is -2.47. The van der Waals surface area contributed by atoms with E-state index in [-0.39, 0.29) is 18.0 Å². The highest BCUT2D eigenvalue weighted by Gasteiger charge is 2.54. The van der Waals surface area contributed by atoms with Gasteiger partial charge in [0.25, 0.3) is 0 Å². The molecule has 6 nitrogen and oxygen atoms in total. The van der Waals surface area contributed by atoms with E-state index in [1.807, 2.05) is 38.1 Å². The average molecular weight is 500 g/mol. The van der Waals surface area contributed by atoms with Crippen LogP contribution in [-0.2, 0) is 21.4 Å². The van der Waals surface area contributed by atoms with Crippen LogP contribution in [0.5, 0.6) is 11.5 Å². The molecular formula is C28H34ClNO5. The summed E-state index contributed by atoms with van der Waals surface area (Å²) in [4.78, 5) is 13.1. The van der Waals surface area contributed by atoms with Gasteiger partial charge in [0.1, 0.15) is 5.54 Å². The summed E-state index contributed by atoms with van der Waals surface area (Å²) in [5.41, 5.74) is 2.52. The quantitative estimate of drug-likeness (QED) is 0.502. The predicted molar refractivity (Wildman–Crippen MR) is 135 cm³/mol. The van der Waals surface area contributed by atoms with E-state index in [2.05, 4.69) is 17.4 Å². The van der Waals surface area contributed by atoms with Crippen molar-refractivity contribution in [2.24, 2.45) is 5.92 Å². The number of benzene rings is 2. The molecular weight excluding hydrogens is 466 g/mol. The van der Waals surface area contributed by atoms with Gasteiger partial charge in [-0.05, 0) is 97.7 Å². The van der Waals surface area contributed by atoms with Crippen LogP contribution in [0.4, 0.5) is 5.69 Å². The number of fused-ring (bicyclic) bond motifs is 3. The second-order valence-corrected chi connectivity index (χ2v) is 11.1. The van der Waals surface area contributed by atoms with Crippen LogP contribution < -0.4 is 14.8 Å². The lowest BCUT2D eigenvalue weighted by atomic mass is 9.60. The summed E-state index contributed by atoms with van der Waals surface area (Å²) in [6.45, 7) is 4.03. The summed E-state index contributed by atoms with van der Waals surface area (Å²) in [6.07, 6.45) is 5.60. The Bertz CT molecular complexity index is 1120. The number of methoxy groups -OCH3 is 1. The monoisotopic (exact) mass is 499 g/mol. The van der Waals surface area contributed by atoms with Gasteiger partial charge in [-0.3, -0.25) is 0 Å². The van der Waals surface area contributed by atoms with Gasteiger partial charge in [-0.25, -0.2) is 4.79 Å². The first kappa shape index (κ1) is 24.3. The number of carbonyl (C=O) groups is 1. The Kier molecular flexibility index (Phi) is 6.17. The highest BCUT2D eigenvalue weighted by atomic mass is 35.5. The number of esters is 1. The summed E-state index contributed by atoms with van der Waals surface area (Å²) in [5, 5.41) is 13.7. The first-order chi connectivity index (χ1) is 16.7. The Morgan fingerprint density at radius 1 is 1.14 bits per heavy atom. The van der Waals surface area contributed by atoms with E-state index in [0.29, 0.717) is 23.8 Å². The zero-order valence-electron chi connectivity index (χ0n) is 20.7. The maximum atomic E-state index is 13.1. The molecule has 35 heavy (non-hydrogen) atoms. The van der Waals surface area contributed by atoms with E-state index in [1.165, 1.54) is 18.2 Å². The van der Waals surface area contributed by atoms with Gasteiger partial charge in [0.15, 0.2) is 11.5 Å². The Labute approximate surface area is 211 Å². The predicted octanol–water partition coefficient (Wildman–Crippen LogP) is 5.63. The van der Waals surface area contributed by atoms with Crippen LogP contribution in [0.1, 0.15) is 63.5 Å². The molecule has 0 bridgehead atoms. The molecule has 0 saturated heterocycles. The molecule has 1 aliphatic heterocycles. The van der Waals surface area contributed by atoms with Gasteiger partial charge in [-0.1, -0.05) is 17.7 Å². The third-order valence-electron chi connectivity index (χ3n) is 8.16. The first-order valence-electron chi connectivity index (χ1n) is 12.5. The molecule has 2 aliphatic carbocycles. The lowest BCUT2D eigenvalue weighted by molar-refractivity contribution is -0.148. The van der Waals surface area contributed by atoms with Crippen LogP contribution in [0.3, 0.4) is 0 Å². The van der Waals surface area contributed by atoms with Gasteiger partial charge in [0.2, 0.25) is 5.79 Å². The Balaban J connectivity index is 1.48. The van der Waals surface area contributed by atoms with Crippen LogP contribution in [0, 0.1) is 5.92 Å². The van der Waals surface area contributed by atoms with Crippen LogP contribution in [0.15, 0.2) is 36.4 Å². The second-order valence-electron chi connectivity index (χ2n) is 10.7. The molecule has 0 amide bonds. The summed E-state index contributed by atoms with van der Waals surface area (Å²) in [6, 6.07) is 11.8. The minimum absolute atomic E-state index is 0.0802. The molecule has 1 saturated carbocycles. The van der Waals surface area contributed by atoms with E-state index in [1.54, 1.807) is 0 Å². The number of carbonyl (C=O) groups excluding carboxylic acids is 1. The fourth-order valence-electron chi connectivity index (χ4n) is 6.56. The smallest absolute Gasteiger partial charge is 0.331 e. The molecule has 1 unspecified atom stereocenters. The summed E-state index contributed by atoms with van der Waals surface area (Å²) < 4.78 is 17.4. The summed E-state index contributed by atoms with van der Waals surface area (Å²) >= 11 is 6.21. The normalized spacial score (nSPS) is 28.1. The topological polar surface area (TPSA) is 77.0 Å². The Morgan fingerprint density at radius 3 is 2.51 bits per heavy atom. The van der Waals surface area contributed by atoms with Crippen molar-refractivity contribution in [2.45, 2.75) is 75.5 Å². The molecule has 5 rings (SSSR count). The van der Waals surface area contributed by atoms with Crippen molar-refractivity contribution in [3.63, 3.8) is 0 Å². The number of hydrogen-bond acceptors (Lipinski definition) is 6. The molecule has 7 heteroatoms. The first-order valence-corrected chi connectivity index (χ1v) is 12.9. The zero-order chi connectivity index (χ0) is 24.8. The van der Waals surface area contributed by atoms with Gasteiger partial charge >= 0.3 is 5.97 Å². The molecule has 1 spiro atoms. The molecule has 1 fully saturated rings. The minimum Gasteiger partial charge on any atom is -0.467 e. The number of halogens is 1. The third-order valence-corrected chi connectivity index (χ3v) is 8.39. The second kappa shape index (κ2) is 8.90. The van der Waals surface area contributed by atoms with Crippen LogP contribution >= 0.6 is 11.6 Å². The van der Waals surface area contributed by atoms with E-state index in [9.17, 15) is 9.90 Å². The molecule has 188 valence electrons.